The number of hydrogen-bond acceptors (Lipinski definition) is 6. The van der Waals surface area contributed by atoms with Gasteiger partial charge in [-0.25, -0.2) is 0 Å². The molecule has 2 aliphatic rings. The lowest BCUT2D eigenvalue weighted by Crippen LogP contribution is -2.39. The van der Waals surface area contributed by atoms with E-state index >= 15 is 0 Å². The van der Waals surface area contributed by atoms with Crippen molar-refractivity contribution in [2.75, 3.05) is 13.1 Å². The van der Waals surface area contributed by atoms with E-state index in [1.807, 2.05) is 32.9 Å². The van der Waals surface area contributed by atoms with Gasteiger partial charge in [-0.05, 0) is 64.8 Å². The Morgan fingerprint density at radius 1 is 1.21 bits per heavy atom. The minimum atomic E-state index is -0.442. The van der Waals surface area contributed by atoms with Gasteiger partial charge in [0.15, 0.2) is 0 Å². The number of nitrogens with one attached hydrogen (secondary N) is 1. The molecule has 1 atom stereocenters. The zero-order valence-corrected chi connectivity index (χ0v) is 16.9. The summed E-state index contributed by atoms with van der Waals surface area (Å²) in [7, 11) is 0. The van der Waals surface area contributed by atoms with Gasteiger partial charge < -0.3 is 4.74 Å². The third kappa shape index (κ3) is 5.38. The first-order valence-corrected chi connectivity index (χ1v) is 9.95. The van der Waals surface area contributed by atoms with Crippen LogP contribution in [0.5, 0.6) is 0 Å². The molecule has 0 aliphatic carbocycles. The molecule has 2 aliphatic heterocycles. The van der Waals surface area contributed by atoms with E-state index in [2.05, 4.69) is 15.2 Å². The van der Waals surface area contributed by atoms with Crippen LogP contribution in [-0.4, -0.2) is 46.4 Å². The fourth-order valence-corrected chi connectivity index (χ4v) is 3.69. The lowest BCUT2D eigenvalue weighted by Gasteiger charge is -2.32. The molecule has 3 rings (SSSR count). The van der Waals surface area contributed by atoms with Crippen molar-refractivity contribution in [3.63, 3.8) is 0 Å². The number of piperidine rings is 2. The number of likely N-dealkylation sites (tertiary alicyclic amines) is 1. The molecule has 3 heterocycles. The van der Waals surface area contributed by atoms with E-state index in [4.69, 9.17) is 4.74 Å². The standard InChI is InChI=1S/C21H29N3O4/c1-21(2,3)28-20(27)14-8-10-24(11-9-14)13-16-5-4-15(12-22-16)17-6-7-18(25)23-19(17)26/h4-5,12,14,17H,6-11,13H2,1-3H3,(H,23,25,26). The number of carbonyl (C=O) groups is 3. The van der Waals surface area contributed by atoms with Crippen molar-refractivity contribution in [2.45, 2.75) is 64.5 Å². The molecule has 0 aromatic carbocycles. The van der Waals surface area contributed by atoms with Gasteiger partial charge in [-0.1, -0.05) is 6.07 Å². The van der Waals surface area contributed by atoms with Crippen LogP contribution in [0.15, 0.2) is 18.3 Å². The third-order valence-corrected chi connectivity index (χ3v) is 5.20. The quantitative estimate of drug-likeness (QED) is 0.629. The van der Waals surface area contributed by atoms with Crippen LogP contribution >= 0.6 is 0 Å². The van der Waals surface area contributed by atoms with E-state index in [1.165, 1.54) is 0 Å². The molecule has 7 heteroatoms. The highest BCUT2D eigenvalue weighted by atomic mass is 16.6. The smallest absolute Gasteiger partial charge is 0.309 e. The molecule has 2 amide bonds. The number of imide groups is 1. The van der Waals surface area contributed by atoms with Gasteiger partial charge in [0.25, 0.3) is 0 Å². The summed E-state index contributed by atoms with van der Waals surface area (Å²) in [6.07, 6.45) is 4.23. The van der Waals surface area contributed by atoms with E-state index in [0.717, 1.165) is 43.7 Å². The summed E-state index contributed by atoms with van der Waals surface area (Å²) in [6.45, 7) is 8.07. The van der Waals surface area contributed by atoms with Crippen LogP contribution < -0.4 is 5.32 Å². The Kier molecular flexibility index (Phi) is 6.13. The van der Waals surface area contributed by atoms with Crippen LogP contribution in [0.3, 0.4) is 0 Å². The number of ether oxygens (including phenoxy) is 1. The van der Waals surface area contributed by atoms with Gasteiger partial charge in [0.2, 0.25) is 11.8 Å². The Bertz CT molecular complexity index is 731. The second-order valence-corrected chi connectivity index (χ2v) is 8.67. The number of rotatable bonds is 4. The molecule has 1 unspecified atom stereocenters. The van der Waals surface area contributed by atoms with Crippen LogP contribution in [0.1, 0.15) is 63.6 Å². The van der Waals surface area contributed by atoms with E-state index in [9.17, 15) is 14.4 Å². The number of carbonyl (C=O) groups excluding carboxylic acids is 3. The van der Waals surface area contributed by atoms with Gasteiger partial charge in [0, 0.05) is 19.2 Å². The topological polar surface area (TPSA) is 88.6 Å². The number of pyridine rings is 1. The zero-order valence-electron chi connectivity index (χ0n) is 16.9. The van der Waals surface area contributed by atoms with Crippen LogP contribution in [0.2, 0.25) is 0 Å². The normalized spacial score (nSPS) is 22.0. The minimum absolute atomic E-state index is 0.0293. The van der Waals surface area contributed by atoms with Crippen molar-refractivity contribution in [3.8, 4) is 0 Å². The van der Waals surface area contributed by atoms with E-state index in [0.29, 0.717) is 12.8 Å². The minimum Gasteiger partial charge on any atom is -0.460 e. The SMILES string of the molecule is CC(C)(C)OC(=O)C1CCN(Cc2ccc(C3CCC(=O)NC3=O)cn2)CC1. The fraction of sp³-hybridized carbons (Fsp3) is 0.619. The number of nitrogens with zero attached hydrogens (tertiary/aromatic N) is 2. The van der Waals surface area contributed by atoms with Crippen molar-refractivity contribution < 1.29 is 19.1 Å². The summed E-state index contributed by atoms with van der Waals surface area (Å²) in [5.41, 5.74) is 1.34. The summed E-state index contributed by atoms with van der Waals surface area (Å²) >= 11 is 0. The van der Waals surface area contributed by atoms with Crippen molar-refractivity contribution in [1.82, 2.24) is 15.2 Å². The number of esters is 1. The average molecular weight is 387 g/mol. The Hall–Kier alpha value is -2.28. The highest BCUT2D eigenvalue weighted by Crippen LogP contribution is 2.25. The largest absolute Gasteiger partial charge is 0.460 e. The predicted molar refractivity (Wildman–Crippen MR) is 103 cm³/mol. The van der Waals surface area contributed by atoms with Gasteiger partial charge in [-0.3, -0.25) is 29.6 Å². The monoisotopic (exact) mass is 387 g/mol. The van der Waals surface area contributed by atoms with E-state index in [-0.39, 0.29) is 29.6 Å². The number of hydrogen-bond donors (Lipinski definition) is 1. The number of aromatic nitrogens is 1. The average Bonchev–Trinajstić information content (AvgIpc) is 2.62. The molecule has 1 aromatic heterocycles. The first kappa shape index (κ1) is 20.5. The number of amides is 2. The molecule has 2 fully saturated rings. The summed E-state index contributed by atoms with van der Waals surface area (Å²) < 4.78 is 5.49. The predicted octanol–water partition coefficient (Wildman–Crippen LogP) is 2.16. The Labute approximate surface area is 165 Å². The third-order valence-electron chi connectivity index (χ3n) is 5.20. The molecule has 28 heavy (non-hydrogen) atoms. The molecular weight excluding hydrogens is 358 g/mol. The van der Waals surface area contributed by atoms with Crippen molar-refractivity contribution in [3.05, 3.63) is 29.6 Å². The van der Waals surface area contributed by atoms with Gasteiger partial charge in [-0.15, -0.1) is 0 Å². The highest BCUT2D eigenvalue weighted by molar-refractivity contribution is 6.00. The Morgan fingerprint density at radius 3 is 2.50 bits per heavy atom. The molecule has 0 radical (unpaired) electrons. The second-order valence-electron chi connectivity index (χ2n) is 8.67. The molecular formula is C21H29N3O4. The highest BCUT2D eigenvalue weighted by Gasteiger charge is 2.30. The molecule has 2 saturated heterocycles. The van der Waals surface area contributed by atoms with Crippen LogP contribution in [0.25, 0.3) is 0 Å². The van der Waals surface area contributed by atoms with Crippen molar-refractivity contribution in [2.24, 2.45) is 5.92 Å². The zero-order chi connectivity index (χ0) is 20.3. The molecule has 0 saturated carbocycles. The maximum Gasteiger partial charge on any atom is 0.309 e. The molecule has 0 spiro atoms. The molecule has 152 valence electrons. The summed E-state index contributed by atoms with van der Waals surface area (Å²) in [6, 6.07) is 3.87. The van der Waals surface area contributed by atoms with Gasteiger partial charge in [0.05, 0.1) is 17.5 Å². The fourth-order valence-electron chi connectivity index (χ4n) is 3.69. The van der Waals surface area contributed by atoms with Gasteiger partial charge in [-0.2, -0.15) is 0 Å². The lowest BCUT2D eigenvalue weighted by atomic mass is 9.91. The summed E-state index contributed by atoms with van der Waals surface area (Å²) in [4.78, 5) is 42.2. The second kappa shape index (κ2) is 8.39. The first-order chi connectivity index (χ1) is 13.2. The van der Waals surface area contributed by atoms with E-state index in [1.54, 1.807) is 6.20 Å². The van der Waals surface area contributed by atoms with Crippen molar-refractivity contribution >= 4 is 17.8 Å². The Balaban J connectivity index is 1.50. The van der Waals surface area contributed by atoms with Crippen molar-refractivity contribution in [1.29, 1.82) is 0 Å². The Morgan fingerprint density at radius 2 is 1.93 bits per heavy atom. The van der Waals surface area contributed by atoms with Gasteiger partial charge in [0.1, 0.15) is 5.60 Å². The summed E-state index contributed by atoms with van der Waals surface area (Å²) in [5, 5.41) is 2.38. The molecule has 1 N–H and O–H groups in total. The van der Waals surface area contributed by atoms with Gasteiger partial charge >= 0.3 is 5.97 Å². The van der Waals surface area contributed by atoms with Crippen LogP contribution in [0, 0.1) is 5.92 Å². The molecule has 1 aromatic rings. The summed E-state index contributed by atoms with van der Waals surface area (Å²) in [5.74, 6) is -0.878. The lowest BCUT2D eigenvalue weighted by molar-refractivity contribution is -0.161. The first-order valence-electron chi connectivity index (χ1n) is 9.95. The maximum atomic E-state index is 12.2. The maximum absolute atomic E-state index is 12.2. The molecule has 0 bridgehead atoms. The van der Waals surface area contributed by atoms with E-state index < -0.39 is 5.60 Å². The van der Waals surface area contributed by atoms with Crippen LogP contribution in [0.4, 0.5) is 0 Å². The van der Waals surface area contributed by atoms with Crippen LogP contribution in [-0.2, 0) is 25.7 Å². The molecule has 7 nitrogen and oxygen atoms in total.